The highest BCUT2D eigenvalue weighted by atomic mass is 32.2. The molecule has 1 heterocycles. The summed E-state index contributed by atoms with van der Waals surface area (Å²) in [6.07, 6.45) is 1.48. The van der Waals surface area contributed by atoms with Gasteiger partial charge in [0.1, 0.15) is 6.33 Å². The number of nitrogens with zero attached hydrogens (tertiary/aromatic N) is 3. The van der Waals surface area contributed by atoms with Crippen molar-refractivity contribution in [3.8, 4) is 0 Å². The van der Waals surface area contributed by atoms with Crippen LogP contribution in [0, 0.1) is 0 Å². The zero-order valence-corrected chi connectivity index (χ0v) is 17.7. The monoisotopic (exact) mass is 409 g/mol. The average Bonchev–Trinajstić information content (AvgIpc) is 3.29. The van der Waals surface area contributed by atoms with E-state index in [9.17, 15) is 4.79 Å². The summed E-state index contributed by atoms with van der Waals surface area (Å²) in [6.45, 7) is 7.76. The quantitative estimate of drug-likeness (QED) is 0.497. The van der Waals surface area contributed by atoms with Gasteiger partial charge in [0.15, 0.2) is 5.16 Å². The Morgan fingerprint density at radius 1 is 1.03 bits per heavy atom. The van der Waals surface area contributed by atoms with Crippen molar-refractivity contribution in [1.29, 1.82) is 0 Å². The van der Waals surface area contributed by atoms with Crippen LogP contribution >= 0.6 is 11.8 Å². The first-order valence-electron chi connectivity index (χ1n) is 9.84. The average molecular weight is 410 g/mol. The van der Waals surface area contributed by atoms with Gasteiger partial charge >= 0.3 is 0 Å². The summed E-state index contributed by atoms with van der Waals surface area (Å²) >= 11 is 1.53. The number of benzene rings is 2. The molecule has 2 N–H and O–H groups in total. The highest BCUT2D eigenvalue weighted by molar-refractivity contribution is 7.98. The smallest absolute Gasteiger partial charge is 0.251 e. The van der Waals surface area contributed by atoms with Crippen molar-refractivity contribution < 1.29 is 4.79 Å². The molecule has 1 amide bonds. The van der Waals surface area contributed by atoms with E-state index in [1.54, 1.807) is 0 Å². The molecule has 0 unspecified atom stereocenters. The Balaban J connectivity index is 1.66. The Labute approximate surface area is 176 Å². The molecule has 0 spiro atoms. The summed E-state index contributed by atoms with van der Waals surface area (Å²) in [5, 5.41) is 10.5. The Hall–Kier alpha value is -2.64. The van der Waals surface area contributed by atoms with Crippen LogP contribution in [-0.4, -0.2) is 39.1 Å². The molecule has 0 aliphatic carbocycles. The summed E-state index contributed by atoms with van der Waals surface area (Å²) < 4.78 is 0. The van der Waals surface area contributed by atoms with Crippen molar-refractivity contribution in [2.45, 2.75) is 37.8 Å². The largest absolute Gasteiger partial charge is 0.348 e. The van der Waals surface area contributed by atoms with Crippen LogP contribution in [0.25, 0.3) is 0 Å². The third-order valence-electron chi connectivity index (χ3n) is 4.87. The summed E-state index contributed by atoms with van der Waals surface area (Å²) in [4.78, 5) is 19.4. The fourth-order valence-electron chi connectivity index (χ4n) is 3.12. The first kappa shape index (κ1) is 21.1. The van der Waals surface area contributed by atoms with Gasteiger partial charge in [-0.15, -0.1) is 0 Å². The van der Waals surface area contributed by atoms with Crippen molar-refractivity contribution >= 4 is 17.7 Å². The van der Waals surface area contributed by atoms with E-state index in [4.69, 9.17) is 0 Å². The zero-order valence-electron chi connectivity index (χ0n) is 16.9. The van der Waals surface area contributed by atoms with E-state index in [0.29, 0.717) is 17.9 Å². The highest BCUT2D eigenvalue weighted by Gasteiger charge is 2.13. The van der Waals surface area contributed by atoms with E-state index in [1.165, 1.54) is 23.7 Å². The van der Waals surface area contributed by atoms with E-state index in [1.807, 2.05) is 30.3 Å². The standard InChI is InChI=1S/C22H27N5OS/c1-3-27(4-2)14-18-10-6-5-9-17(18)13-23-21(28)20-12-8-7-11-19(20)15-29-22-24-16-25-26-22/h5-12,16H,3-4,13-15H2,1-2H3,(H,23,28)(H,24,25,26). The van der Waals surface area contributed by atoms with Gasteiger partial charge < -0.3 is 5.32 Å². The van der Waals surface area contributed by atoms with Crippen molar-refractivity contribution in [3.63, 3.8) is 0 Å². The molecule has 0 atom stereocenters. The minimum absolute atomic E-state index is 0.0589. The molecule has 2 aromatic carbocycles. The summed E-state index contributed by atoms with van der Waals surface area (Å²) in [7, 11) is 0. The number of rotatable bonds is 10. The number of amides is 1. The van der Waals surface area contributed by atoms with Gasteiger partial charge in [-0.1, -0.05) is 68.1 Å². The fraction of sp³-hybridized carbons (Fsp3) is 0.318. The van der Waals surface area contributed by atoms with Gasteiger partial charge in [0.25, 0.3) is 5.91 Å². The van der Waals surface area contributed by atoms with Crippen LogP contribution in [0.5, 0.6) is 0 Å². The maximum atomic E-state index is 12.9. The van der Waals surface area contributed by atoms with E-state index in [2.05, 4.69) is 57.4 Å². The Morgan fingerprint density at radius 3 is 2.41 bits per heavy atom. The predicted molar refractivity (Wildman–Crippen MR) is 117 cm³/mol. The van der Waals surface area contributed by atoms with Gasteiger partial charge in [-0.05, 0) is 35.8 Å². The molecule has 0 aliphatic heterocycles. The summed E-state index contributed by atoms with van der Waals surface area (Å²) in [6, 6.07) is 16.0. The fourth-order valence-corrected chi connectivity index (χ4v) is 3.90. The lowest BCUT2D eigenvalue weighted by Gasteiger charge is -2.20. The minimum atomic E-state index is -0.0589. The lowest BCUT2D eigenvalue weighted by molar-refractivity contribution is 0.0950. The van der Waals surface area contributed by atoms with Crippen molar-refractivity contribution in [1.82, 2.24) is 25.4 Å². The second-order valence-corrected chi connectivity index (χ2v) is 7.61. The molecule has 7 heteroatoms. The topological polar surface area (TPSA) is 73.9 Å². The first-order chi connectivity index (χ1) is 14.2. The van der Waals surface area contributed by atoms with Gasteiger partial charge in [0.2, 0.25) is 0 Å². The number of carbonyl (C=O) groups is 1. The number of aromatic nitrogens is 3. The molecule has 1 aromatic heterocycles. The maximum absolute atomic E-state index is 12.9. The number of H-pyrrole nitrogens is 1. The van der Waals surface area contributed by atoms with Crippen LogP contribution in [0.2, 0.25) is 0 Å². The number of aromatic amines is 1. The Kier molecular flexibility index (Phi) is 7.84. The maximum Gasteiger partial charge on any atom is 0.251 e. The number of hydrogen-bond donors (Lipinski definition) is 2. The molecule has 0 fully saturated rings. The second kappa shape index (κ2) is 10.8. The number of thioether (sulfide) groups is 1. The van der Waals surface area contributed by atoms with E-state index < -0.39 is 0 Å². The lowest BCUT2D eigenvalue weighted by atomic mass is 10.1. The summed E-state index contributed by atoms with van der Waals surface area (Å²) in [5.41, 5.74) is 4.08. The van der Waals surface area contributed by atoms with Crippen LogP contribution in [0.4, 0.5) is 0 Å². The lowest BCUT2D eigenvalue weighted by Crippen LogP contribution is -2.26. The first-order valence-corrected chi connectivity index (χ1v) is 10.8. The third-order valence-corrected chi connectivity index (χ3v) is 5.79. The number of nitrogens with one attached hydrogen (secondary N) is 2. The number of hydrogen-bond acceptors (Lipinski definition) is 5. The molecule has 6 nitrogen and oxygen atoms in total. The van der Waals surface area contributed by atoms with E-state index in [-0.39, 0.29) is 5.91 Å². The van der Waals surface area contributed by atoms with Crippen LogP contribution < -0.4 is 5.32 Å². The predicted octanol–water partition coefficient (Wildman–Crippen LogP) is 3.87. The van der Waals surface area contributed by atoms with Gasteiger partial charge in [0.05, 0.1) is 0 Å². The van der Waals surface area contributed by atoms with E-state index in [0.717, 1.165) is 35.9 Å². The van der Waals surface area contributed by atoms with Crippen molar-refractivity contribution in [2.75, 3.05) is 13.1 Å². The zero-order chi connectivity index (χ0) is 20.5. The van der Waals surface area contributed by atoms with E-state index >= 15 is 0 Å². The summed E-state index contributed by atoms with van der Waals surface area (Å²) in [5.74, 6) is 0.591. The molecular weight excluding hydrogens is 382 g/mol. The molecule has 0 saturated heterocycles. The molecule has 3 aromatic rings. The van der Waals surface area contributed by atoms with Gasteiger partial charge in [-0.3, -0.25) is 14.8 Å². The molecule has 0 aliphatic rings. The molecular formula is C22H27N5OS. The molecule has 0 bridgehead atoms. The molecule has 3 rings (SSSR count). The normalized spacial score (nSPS) is 11.0. The second-order valence-electron chi connectivity index (χ2n) is 6.65. The van der Waals surface area contributed by atoms with Gasteiger partial charge in [-0.2, -0.15) is 5.10 Å². The van der Waals surface area contributed by atoms with Gasteiger partial charge in [-0.25, -0.2) is 4.98 Å². The van der Waals surface area contributed by atoms with Crippen molar-refractivity contribution in [2.24, 2.45) is 0 Å². The molecule has 29 heavy (non-hydrogen) atoms. The highest BCUT2D eigenvalue weighted by Crippen LogP contribution is 2.21. The molecule has 0 saturated carbocycles. The Bertz CT molecular complexity index is 909. The molecule has 152 valence electrons. The van der Waals surface area contributed by atoms with Crippen LogP contribution in [0.1, 0.15) is 40.9 Å². The minimum Gasteiger partial charge on any atom is -0.348 e. The third kappa shape index (κ3) is 5.92. The molecule has 0 radical (unpaired) electrons. The van der Waals surface area contributed by atoms with Crippen LogP contribution in [0.15, 0.2) is 60.0 Å². The number of carbonyl (C=O) groups excluding carboxylic acids is 1. The SMILES string of the molecule is CCN(CC)Cc1ccccc1CNC(=O)c1ccccc1CSc1ncn[nH]1. The van der Waals surface area contributed by atoms with Crippen LogP contribution in [-0.2, 0) is 18.8 Å². The van der Waals surface area contributed by atoms with Crippen molar-refractivity contribution in [3.05, 3.63) is 77.1 Å². The Morgan fingerprint density at radius 2 is 1.72 bits per heavy atom. The van der Waals surface area contributed by atoms with Crippen LogP contribution in [0.3, 0.4) is 0 Å². The van der Waals surface area contributed by atoms with Gasteiger partial charge in [0, 0.05) is 24.4 Å².